The first kappa shape index (κ1) is 9.01. The molecule has 0 unspecified atom stereocenters. The summed E-state index contributed by atoms with van der Waals surface area (Å²) >= 11 is 0. The second-order valence-corrected chi connectivity index (χ2v) is 3.76. The van der Waals surface area contributed by atoms with Gasteiger partial charge in [-0.2, -0.15) is 0 Å². The monoisotopic (exact) mass is 156 g/mol. The molecule has 2 atom stereocenters. The van der Waals surface area contributed by atoms with E-state index in [1.807, 2.05) is 0 Å². The molecule has 0 bridgehead atoms. The van der Waals surface area contributed by atoms with Gasteiger partial charge in [0.05, 0.1) is 0 Å². The average Bonchev–Trinajstić information content (AvgIpc) is 1.95. The third-order valence-electron chi connectivity index (χ3n) is 2.67. The molecule has 0 spiro atoms. The quantitative estimate of drug-likeness (QED) is 0.648. The molecule has 2 nitrogen and oxygen atoms in total. The van der Waals surface area contributed by atoms with E-state index in [0.29, 0.717) is 6.04 Å². The molecule has 0 radical (unpaired) electrons. The van der Waals surface area contributed by atoms with Gasteiger partial charge in [-0.05, 0) is 32.4 Å². The molecule has 1 aliphatic rings. The van der Waals surface area contributed by atoms with E-state index in [0.717, 1.165) is 12.5 Å². The summed E-state index contributed by atoms with van der Waals surface area (Å²) in [5.41, 5.74) is 6.01. The van der Waals surface area contributed by atoms with Crippen LogP contribution in [0.25, 0.3) is 0 Å². The van der Waals surface area contributed by atoms with Crippen molar-refractivity contribution in [3.05, 3.63) is 0 Å². The van der Waals surface area contributed by atoms with Gasteiger partial charge in [-0.3, -0.25) is 0 Å². The lowest BCUT2D eigenvalue weighted by molar-refractivity contribution is 0.183. The number of piperidine rings is 1. The predicted octanol–water partition coefficient (Wildman–Crippen LogP) is 1.07. The van der Waals surface area contributed by atoms with E-state index < -0.39 is 0 Å². The Labute approximate surface area is 69.8 Å². The molecule has 1 fully saturated rings. The van der Waals surface area contributed by atoms with E-state index in [2.05, 4.69) is 18.9 Å². The lowest BCUT2D eigenvalue weighted by atomic mass is 9.89. The van der Waals surface area contributed by atoms with Gasteiger partial charge in [0.2, 0.25) is 0 Å². The van der Waals surface area contributed by atoms with Crippen LogP contribution in [-0.4, -0.2) is 31.1 Å². The van der Waals surface area contributed by atoms with Crippen LogP contribution in [0.5, 0.6) is 0 Å². The molecule has 1 rings (SSSR count). The lowest BCUT2D eigenvalue weighted by Gasteiger charge is -2.34. The molecule has 1 aliphatic heterocycles. The van der Waals surface area contributed by atoms with Crippen LogP contribution in [0.2, 0.25) is 0 Å². The fraction of sp³-hybridized carbons (Fsp3) is 1.00. The Morgan fingerprint density at radius 2 is 2.27 bits per heavy atom. The van der Waals surface area contributed by atoms with E-state index in [1.165, 1.54) is 25.8 Å². The van der Waals surface area contributed by atoms with E-state index >= 15 is 0 Å². The molecule has 11 heavy (non-hydrogen) atoms. The van der Waals surface area contributed by atoms with Crippen LogP contribution in [0, 0.1) is 5.92 Å². The van der Waals surface area contributed by atoms with Crippen molar-refractivity contribution in [3.63, 3.8) is 0 Å². The number of hydrogen-bond acceptors (Lipinski definition) is 2. The molecule has 0 aromatic heterocycles. The second-order valence-electron chi connectivity index (χ2n) is 3.76. The van der Waals surface area contributed by atoms with Crippen LogP contribution < -0.4 is 5.73 Å². The maximum atomic E-state index is 6.01. The Kier molecular flexibility index (Phi) is 3.34. The van der Waals surface area contributed by atoms with Crippen molar-refractivity contribution in [2.45, 2.75) is 32.2 Å². The predicted molar refractivity (Wildman–Crippen MR) is 48.5 cm³/mol. The van der Waals surface area contributed by atoms with E-state index in [-0.39, 0.29) is 0 Å². The molecule has 2 heteroatoms. The highest BCUT2D eigenvalue weighted by Gasteiger charge is 2.23. The zero-order chi connectivity index (χ0) is 8.27. The molecule has 66 valence electrons. The highest BCUT2D eigenvalue weighted by atomic mass is 15.1. The summed E-state index contributed by atoms with van der Waals surface area (Å²) in [5.74, 6) is 0.788. The van der Waals surface area contributed by atoms with Gasteiger partial charge >= 0.3 is 0 Å². The summed E-state index contributed by atoms with van der Waals surface area (Å²) in [6.07, 6.45) is 3.89. The van der Waals surface area contributed by atoms with Gasteiger partial charge in [-0.25, -0.2) is 0 Å². The molecule has 0 saturated carbocycles. The number of rotatable bonds is 2. The number of likely N-dealkylation sites (tertiary alicyclic amines) is 1. The number of likely N-dealkylation sites (N-methyl/N-ethyl adjacent to an activating group) is 1. The minimum atomic E-state index is 0.425. The Morgan fingerprint density at radius 1 is 1.55 bits per heavy atom. The Hall–Kier alpha value is -0.0800. The van der Waals surface area contributed by atoms with Crippen molar-refractivity contribution < 1.29 is 0 Å². The van der Waals surface area contributed by atoms with E-state index in [1.54, 1.807) is 0 Å². The topological polar surface area (TPSA) is 29.3 Å². The molecular weight excluding hydrogens is 136 g/mol. The van der Waals surface area contributed by atoms with Gasteiger partial charge in [0, 0.05) is 12.6 Å². The highest BCUT2D eigenvalue weighted by Crippen LogP contribution is 2.19. The van der Waals surface area contributed by atoms with Crippen molar-refractivity contribution in [3.8, 4) is 0 Å². The van der Waals surface area contributed by atoms with Gasteiger partial charge in [0.25, 0.3) is 0 Å². The van der Waals surface area contributed by atoms with Crippen molar-refractivity contribution in [2.24, 2.45) is 11.7 Å². The first-order valence-corrected chi connectivity index (χ1v) is 4.68. The van der Waals surface area contributed by atoms with Crippen LogP contribution in [0.15, 0.2) is 0 Å². The summed E-state index contributed by atoms with van der Waals surface area (Å²) < 4.78 is 0. The normalized spacial score (nSPS) is 34.1. The maximum absolute atomic E-state index is 6.01. The summed E-state index contributed by atoms with van der Waals surface area (Å²) in [4.78, 5) is 2.33. The van der Waals surface area contributed by atoms with Crippen molar-refractivity contribution >= 4 is 0 Å². The maximum Gasteiger partial charge on any atom is 0.0196 e. The number of nitrogens with zero attached hydrogens (tertiary/aromatic N) is 1. The molecule has 0 amide bonds. The molecule has 0 aromatic rings. The molecule has 0 aliphatic carbocycles. The Bertz CT molecular complexity index is 114. The minimum Gasteiger partial charge on any atom is -0.326 e. The highest BCUT2D eigenvalue weighted by molar-refractivity contribution is 4.81. The first-order valence-electron chi connectivity index (χ1n) is 4.68. The van der Waals surface area contributed by atoms with Gasteiger partial charge in [0.15, 0.2) is 0 Å². The van der Waals surface area contributed by atoms with Gasteiger partial charge in [-0.1, -0.05) is 13.3 Å². The van der Waals surface area contributed by atoms with Crippen LogP contribution >= 0.6 is 0 Å². The Morgan fingerprint density at radius 3 is 2.82 bits per heavy atom. The minimum absolute atomic E-state index is 0.425. The Balaban J connectivity index is 2.31. The molecule has 1 heterocycles. The third-order valence-corrected chi connectivity index (χ3v) is 2.67. The van der Waals surface area contributed by atoms with Crippen LogP contribution in [0.1, 0.15) is 26.2 Å². The van der Waals surface area contributed by atoms with Crippen LogP contribution in [-0.2, 0) is 0 Å². The van der Waals surface area contributed by atoms with Gasteiger partial charge in [-0.15, -0.1) is 0 Å². The third kappa shape index (κ3) is 2.46. The van der Waals surface area contributed by atoms with E-state index in [4.69, 9.17) is 5.73 Å². The summed E-state index contributed by atoms with van der Waals surface area (Å²) in [6.45, 7) is 4.56. The van der Waals surface area contributed by atoms with Gasteiger partial charge in [0.1, 0.15) is 0 Å². The summed E-state index contributed by atoms with van der Waals surface area (Å²) in [7, 11) is 2.15. The second kappa shape index (κ2) is 4.07. The zero-order valence-electron chi connectivity index (χ0n) is 7.71. The number of nitrogens with two attached hydrogens (primary N) is 1. The van der Waals surface area contributed by atoms with Crippen LogP contribution in [0.4, 0.5) is 0 Å². The largest absolute Gasteiger partial charge is 0.326 e. The van der Waals surface area contributed by atoms with E-state index in [9.17, 15) is 0 Å². The molecule has 2 N–H and O–H groups in total. The van der Waals surface area contributed by atoms with Gasteiger partial charge < -0.3 is 10.6 Å². The first-order chi connectivity index (χ1) is 5.24. The fourth-order valence-electron chi connectivity index (χ4n) is 1.93. The average molecular weight is 156 g/mol. The summed E-state index contributed by atoms with van der Waals surface area (Å²) in [5, 5.41) is 0. The van der Waals surface area contributed by atoms with Crippen molar-refractivity contribution in [1.29, 1.82) is 0 Å². The number of hydrogen-bond donors (Lipinski definition) is 1. The lowest BCUT2D eigenvalue weighted by Crippen LogP contribution is -2.46. The molecule has 0 aromatic carbocycles. The van der Waals surface area contributed by atoms with Crippen molar-refractivity contribution in [1.82, 2.24) is 4.90 Å². The zero-order valence-corrected chi connectivity index (χ0v) is 7.71. The fourth-order valence-corrected chi connectivity index (χ4v) is 1.93. The van der Waals surface area contributed by atoms with Crippen molar-refractivity contribution in [2.75, 3.05) is 20.1 Å². The molecule has 1 saturated heterocycles. The summed E-state index contributed by atoms with van der Waals surface area (Å²) in [6, 6.07) is 0.425. The van der Waals surface area contributed by atoms with Crippen LogP contribution in [0.3, 0.4) is 0 Å². The smallest absolute Gasteiger partial charge is 0.0196 e. The molecular formula is C9H20N2. The standard InChI is InChI=1S/C9H20N2/c1-3-4-8-5-6-11(2)7-9(8)10/h8-9H,3-7,10H2,1-2H3/t8-,9-/m1/s1. The SMILES string of the molecule is CCC[C@@H]1CCN(C)C[C@H]1N.